The van der Waals surface area contributed by atoms with Crippen molar-refractivity contribution in [3.8, 4) is 0 Å². The molecule has 2 aromatic carbocycles. The Labute approximate surface area is 147 Å². The maximum Gasteiger partial charge on any atom is 0.339 e. The van der Waals surface area contributed by atoms with Gasteiger partial charge in [0.05, 0.1) is 5.02 Å². The molecule has 0 amide bonds. The first kappa shape index (κ1) is 18.0. The van der Waals surface area contributed by atoms with Gasteiger partial charge >= 0.3 is 5.97 Å². The number of carbonyl (C=O) groups is 1. The quantitative estimate of drug-likeness (QED) is 0.768. The highest BCUT2D eigenvalue weighted by Gasteiger charge is 2.31. The highest BCUT2D eigenvalue weighted by Crippen LogP contribution is 2.32. The van der Waals surface area contributed by atoms with E-state index < -0.39 is 27.1 Å². The van der Waals surface area contributed by atoms with Gasteiger partial charge in [-0.25, -0.2) is 8.98 Å². The molecule has 0 radical (unpaired) electrons. The van der Waals surface area contributed by atoms with Crippen molar-refractivity contribution in [2.24, 2.45) is 0 Å². The maximum absolute atomic E-state index is 12.3. The molecule has 122 valence electrons. The van der Waals surface area contributed by atoms with Gasteiger partial charge < -0.3 is 5.11 Å². The summed E-state index contributed by atoms with van der Waals surface area (Å²) >= 11 is 17.5. The second-order valence-electron chi connectivity index (χ2n) is 4.36. The van der Waals surface area contributed by atoms with Gasteiger partial charge in [0.25, 0.3) is 10.1 Å². The lowest BCUT2D eigenvalue weighted by atomic mass is 10.1. The van der Waals surface area contributed by atoms with Crippen molar-refractivity contribution in [2.75, 3.05) is 0 Å². The third kappa shape index (κ3) is 4.16. The fraction of sp³-hybridized carbons (Fsp3) is 0.0714. The van der Waals surface area contributed by atoms with Crippen LogP contribution in [0.3, 0.4) is 0 Å². The molecule has 0 saturated heterocycles. The molecule has 0 heterocycles. The minimum Gasteiger partial charge on any atom is -0.479 e. The summed E-state index contributed by atoms with van der Waals surface area (Å²) in [5.74, 6) is -1.51. The summed E-state index contributed by atoms with van der Waals surface area (Å²) in [7, 11) is -4.48. The normalized spacial score (nSPS) is 12.8. The van der Waals surface area contributed by atoms with E-state index in [0.29, 0.717) is 0 Å². The first-order valence-electron chi connectivity index (χ1n) is 6.08. The first-order valence-corrected chi connectivity index (χ1v) is 8.62. The second-order valence-corrected chi connectivity index (χ2v) is 7.16. The van der Waals surface area contributed by atoms with Gasteiger partial charge in [-0.05, 0) is 24.3 Å². The molecular formula is C14H9Cl3O5S. The van der Waals surface area contributed by atoms with E-state index in [1.165, 1.54) is 30.3 Å². The van der Waals surface area contributed by atoms with Gasteiger partial charge in [-0.15, -0.1) is 0 Å². The minimum atomic E-state index is -4.48. The predicted octanol–water partition coefficient (Wildman–Crippen LogP) is 4.18. The summed E-state index contributed by atoms with van der Waals surface area (Å²) < 4.78 is 29.5. The van der Waals surface area contributed by atoms with E-state index >= 15 is 0 Å². The summed E-state index contributed by atoms with van der Waals surface area (Å²) in [6.07, 6.45) is -1.82. The molecule has 23 heavy (non-hydrogen) atoms. The van der Waals surface area contributed by atoms with Gasteiger partial charge in [0, 0.05) is 15.6 Å². The van der Waals surface area contributed by atoms with Crippen LogP contribution in [-0.2, 0) is 19.1 Å². The first-order chi connectivity index (χ1) is 10.7. The van der Waals surface area contributed by atoms with Crippen molar-refractivity contribution in [1.82, 2.24) is 0 Å². The second kappa shape index (κ2) is 7.07. The number of halogens is 3. The van der Waals surface area contributed by atoms with Gasteiger partial charge in [-0.2, -0.15) is 8.42 Å². The Morgan fingerprint density at radius 1 is 1.04 bits per heavy atom. The standard InChI is InChI=1S/C14H9Cl3O5S/c15-8-5-6-11(17)12(7-8)23(20,21)22-13(14(18)19)9-3-1-2-4-10(9)16/h1-7,13H,(H,18,19)/t13-/m1/s1. The summed E-state index contributed by atoms with van der Waals surface area (Å²) in [6.45, 7) is 0. The SMILES string of the molecule is O=C(O)[C@H](OS(=O)(=O)c1cc(Cl)ccc1Cl)c1ccccc1Cl. The van der Waals surface area contributed by atoms with Crippen LogP contribution < -0.4 is 0 Å². The Bertz CT molecular complexity index is 851. The molecule has 2 aromatic rings. The van der Waals surface area contributed by atoms with Gasteiger partial charge in [0.15, 0.2) is 0 Å². The van der Waals surface area contributed by atoms with E-state index in [9.17, 15) is 18.3 Å². The van der Waals surface area contributed by atoms with E-state index in [1.807, 2.05) is 0 Å². The molecule has 0 aliphatic heterocycles. The molecule has 2 rings (SSSR count). The summed E-state index contributed by atoms with van der Waals surface area (Å²) in [4.78, 5) is 11.0. The van der Waals surface area contributed by atoms with Crippen molar-refractivity contribution in [3.63, 3.8) is 0 Å². The molecule has 9 heteroatoms. The van der Waals surface area contributed by atoms with Crippen molar-refractivity contribution in [1.29, 1.82) is 0 Å². The van der Waals surface area contributed by atoms with E-state index in [4.69, 9.17) is 39.0 Å². The van der Waals surface area contributed by atoms with E-state index in [0.717, 1.165) is 6.07 Å². The molecule has 1 atom stereocenters. The lowest BCUT2D eigenvalue weighted by Crippen LogP contribution is -2.20. The molecule has 0 aliphatic carbocycles. The molecule has 0 saturated carbocycles. The molecule has 0 fully saturated rings. The van der Waals surface area contributed by atoms with Crippen LogP contribution in [0.25, 0.3) is 0 Å². The highest BCUT2D eigenvalue weighted by atomic mass is 35.5. The Morgan fingerprint density at radius 3 is 2.30 bits per heavy atom. The average molecular weight is 396 g/mol. The number of hydrogen-bond acceptors (Lipinski definition) is 4. The number of hydrogen-bond donors (Lipinski definition) is 1. The Kier molecular flexibility index (Phi) is 5.54. The van der Waals surface area contributed by atoms with Crippen LogP contribution in [0.4, 0.5) is 0 Å². The van der Waals surface area contributed by atoms with Gasteiger partial charge in [-0.1, -0.05) is 53.0 Å². The van der Waals surface area contributed by atoms with Crippen LogP contribution in [0.1, 0.15) is 11.7 Å². The Balaban J connectivity index is 2.46. The zero-order chi connectivity index (χ0) is 17.2. The fourth-order valence-electron chi connectivity index (χ4n) is 1.76. The van der Waals surface area contributed by atoms with E-state index in [2.05, 4.69) is 0 Å². The number of benzene rings is 2. The number of rotatable bonds is 5. The fourth-order valence-corrected chi connectivity index (χ4v) is 3.75. The predicted molar refractivity (Wildman–Crippen MR) is 86.6 cm³/mol. The summed E-state index contributed by atoms with van der Waals surface area (Å²) in [5, 5.41) is 9.31. The smallest absolute Gasteiger partial charge is 0.339 e. The Hall–Kier alpha value is -1.31. The number of carboxylic acids is 1. The van der Waals surface area contributed by atoms with Crippen LogP contribution in [0.15, 0.2) is 47.4 Å². The molecular weight excluding hydrogens is 387 g/mol. The monoisotopic (exact) mass is 394 g/mol. The minimum absolute atomic E-state index is 0.00314. The maximum atomic E-state index is 12.3. The molecule has 5 nitrogen and oxygen atoms in total. The summed E-state index contributed by atoms with van der Waals surface area (Å²) in [6, 6.07) is 9.61. The van der Waals surface area contributed by atoms with Crippen LogP contribution in [0.5, 0.6) is 0 Å². The summed E-state index contributed by atoms with van der Waals surface area (Å²) in [5.41, 5.74) is 0.00314. The molecule has 1 N–H and O–H groups in total. The van der Waals surface area contributed by atoms with Crippen molar-refractivity contribution in [3.05, 3.63) is 63.1 Å². The third-order valence-corrected chi connectivity index (χ3v) is 5.14. The molecule has 0 spiro atoms. The van der Waals surface area contributed by atoms with Crippen LogP contribution in [0, 0.1) is 0 Å². The van der Waals surface area contributed by atoms with E-state index in [1.54, 1.807) is 6.07 Å². The van der Waals surface area contributed by atoms with Crippen LogP contribution in [0.2, 0.25) is 15.1 Å². The zero-order valence-electron chi connectivity index (χ0n) is 11.2. The molecule has 0 bridgehead atoms. The molecule has 0 aliphatic rings. The lowest BCUT2D eigenvalue weighted by molar-refractivity contribution is -0.145. The average Bonchev–Trinajstić information content (AvgIpc) is 2.48. The largest absolute Gasteiger partial charge is 0.479 e. The lowest BCUT2D eigenvalue weighted by Gasteiger charge is -2.15. The Morgan fingerprint density at radius 2 is 1.70 bits per heavy atom. The van der Waals surface area contributed by atoms with Gasteiger partial charge in [0.2, 0.25) is 6.10 Å². The van der Waals surface area contributed by atoms with Crippen molar-refractivity contribution in [2.45, 2.75) is 11.0 Å². The topological polar surface area (TPSA) is 80.7 Å². The van der Waals surface area contributed by atoms with Crippen molar-refractivity contribution < 1.29 is 22.5 Å². The molecule has 0 aromatic heterocycles. The highest BCUT2D eigenvalue weighted by molar-refractivity contribution is 7.87. The zero-order valence-corrected chi connectivity index (χ0v) is 14.3. The van der Waals surface area contributed by atoms with Gasteiger partial charge in [-0.3, -0.25) is 0 Å². The third-order valence-electron chi connectivity index (χ3n) is 2.80. The van der Waals surface area contributed by atoms with Crippen LogP contribution in [-0.4, -0.2) is 19.5 Å². The van der Waals surface area contributed by atoms with Crippen LogP contribution >= 0.6 is 34.8 Å². The van der Waals surface area contributed by atoms with E-state index in [-0.39, 0.29) is 20.6 Å². The molecule has 0 unspecified atom stereocenters. The number of aliphatic carboxylic acids is 1. The van der Waals surface area contributed by atoms with Crippen molar-refractivity contribution >= 4 is 50.9 Å². The van der Waals surface area contributed by atoms with Gasteiger partial charge in [0.1, 0.15) is 4.90 Å². The number of carboxylic acid groups (broad SMARTS) is 1.